The van der Waals surface area contributed by atoms with E-state index in [1.54, 1.807) is 18.3 Å². The summed E-state index contributed by atoms with van der Waals surface area (Å²) in [5, 5.41) is 8.73. The van der Waals surface area contributed by atoms with Crippen molar-refractivity contribution in [3.8, 4) is 0 Å². The van der Waals surface area contributed by atoms with E-state index in [-0.39, 0.29) is 0 Å². The molecule has 1 aromatic heterocycles. The second-order valence-corrected chi connectivity index (χ2v) is 5.65. The summed E-state index contributed by atoms with van der Waals surface area (Å²) in [6.45, 7) is 0. The summed E-state index contributed by atoms with van der Waals surface area (Å²) >= 11 is 0. The summed E-state index contributed by atoms with van der Waals surface area (Å²) in [6.07, 6.45) is 0.984. The first kappa shape index (κ1) is 19.2. The van der Waals surface area contributed by atoms with Crippen molar-refractivity contribution >= 4 is 17.4 Å². The maximum Gasteiger partial charge on any atom is 0.416 e. The highest BCUT2D eigenvalue weighted by Gasteiger charge is 2.30. The Morgan fingerprint density at radius 2 is 1.69 bits per heavy atom. The molecule has 7 heteroatoms. The Labute approximate surface area is 148 Å². The van der Waals surface area contributed by atoms with Gasteiger partial charge < -0.3 is 10.0 Å². The number of pyridine rings is 1. The molecule has 1 N–H and O–H groups in total. The van der Waals surface area contributed by atoms with Crippen molar-refractivity contribution in [1.29, 1.82) is 0 Å². The van der Waals surface area contributed by atoms with Gasteiger partial charge >= 0.3 is 12.1 Å². The van der Waals surface area contributed by atoms with Crippen LogP contribution in [0.4, 0.5) is 19.0 Å². The SMILES string of the molecule is CN(C)c1ccc(/C(=C/C=C/C(=O)O)c2ccc(C(F)(F)F)cc2)cn1. The van der Waals surface area contributed by atoms with E-state index in [9.17, 15) is 18.0 Å². The van der Waals surface area contributed by atoms with Crippen LogP contribution in [-0.4, -0.2) is 30.2 Å². The zero-order valence-corrected chi connectivity index (χ0v) is 14.2. The van der Waals surface area contributed by atoms with Gasteiger partial charge in [-0.05, 0) is 35.4 Å². The minimum Gasteiger partial charge on any atom is -0.478 e. The van der Waals surface area contributed by atoms with Gasteiger partial charge in [-0.25, -0.2) is 9.78 Å². The fourth-order valence-corrected chi connectivity index (χ4v) is 2.23. The Morgan fingerprint density at radius 3 is 2.15 bits per heavy atom. The summed E-state index contributed by atoms with van der Waals surface area (Å²) in [7, 11) is 3.68. The molecule has 0 saturated carbocycles. The van der Waals surface area contributed by atoms with Crippen molar-refractivity contribution in [2.75, 3.05) is 19.0 Å². The quantitative estimate of drug-likeness (QED) is 0.639. The number of rotatable bonds is 5. The Balaban J connectivity index is 2.46. The van der Waals surface area contributed by atoms with Crippen LogP contribution in [0.25, 0.3) is 5.57 Å². The topological polar surface area (TPSA) is 53.4 Å². The van der Waals surface area contributed by atoms with Gasteiger partial charge in [0.1, 0.15) is 5.82 Å². The van der Waals surface area contributed by atoms with Gasteiger partial charge in [0.05, 0.1) is 5.56 Å². The molecule has 136 valence electrons. The van der Waals surface area contributed by atoms with Crippen LogP contribution in [0, 0.1) is 0 Å². The molecular weight excluding hydrogens is 345 g/mol. The van der Waals surface area contributed by atoms with Crippen molar-refractivity contribution in [1.82, 2.24) is 4.98 Å². The van der Waals surface area contributed by atoms with Gasteiger partial charge in [0.2, 0.25) is 0 Å². The molecule has 1 aromatic carbocycles. The molecule has 0 fully saturated rings. The standard InChI is InChI=1S/C19H17F3N2O2/c1-24(2)17-11-8-14(12-23-17)16(4-3-5-18(25)26)13-6-9-15(10-7-13)19(20,21)22/h3-12H,1-2H3,(H,25,26)/b5-3+,16-4+. The van der Waals surface area contributed by atoms with Crippen LogP contribution in [0.2, 0.25) is 0 Å². The van der Waals surface area contributed by atoms with Crippen molar-refractivity contribution in [2.24, 2.45) is 0 Å². The fraction of sp³-hybridized carbons (Fsp3) is 0.158. The summed E-state index contributed by atoms with van der Waals surface area (Å²) in [4.78, 5) is 16.8. The Bertz CT molecular complexity index is 821. The second kappa shape index (κ2) is 7.86. The third-order valence-electron chi connectivity index (χ3n) is 3.54. The number of aromatic nitrogens is 1. The number of benzene rings is 1. The molecule has 26 heavy (non-hydrogen) atoms. The highest BCUT2D eigenvalue weighted by Crippen LogP contribution is 2.31. The van der Waals surface area contributed by atoms with Crippen molar-refractivity contribution < 1.29 is 23.1 Å². The Morgan fingerprint density at radius 1 is 1.08 bits per heavy atom. The lowest BCUT2D eigenvalue weighted by molar-refractivity contribution is -0.137. The first-order valence-electron chi connectivity index (χ1n) is 7.61. The van der Waals surface area contributed by atoms with Crippen LogP contribution in [0.15, 0.2) is 60.8 Å². The predicted octanol–water partition coefficient (Wildman–Crippen LogP) is 4.24. The van der Waals surface area contributed by atoms with E-state index in [0.29, 0.717) is 16.7 Å². The van der Waals surface area contributed by atoms with Gasteiger partial charge in [0.15, 0.2) is 0 Å². The molecule has 0 bridgehead atoms. The van der Waals surface area contributed by atoms with Crippen LogP contribution >= 0.6 is 0 Å². The van der Waals surface area contributed by atoms with Crippen molar-refractivity contribution in [3.05, 3.63) is 77.5 Å². The minimum atomic E-state index is -4.42. The summed E-state index contributed by atoms with van der Waals surface area (Å²) in [5.41, 5.74) is 0.995. The molecule has 0 atom stereocenters. The molecule has 2 rings (SSSR count). The number of anilines is 1. The molecule has 0 amide bonds. The monoisotopic (exact) mass is 362 g/mol. The third-order valence-corrected chi connectivity index (χ3v) is 3.54. The first-order valence-corrected chi connectivity index (χ1v) is 7.61. The average Bonchev–Trinajstić information content (AvgIpc) is 2.58. The minimum absolute atomic E-state index is 0.521. The van der Waals surface area contributed by atoms with E-state index in [2.05, 4.69) is 4.98 Å². The van der Waals surface area contributed by atoms with E-state index < -0.39 is 17.7 Å². The lowest BCUT2D eigenvalue weighted by atomic mass is 9.97. The Kier molecular flexibility index (Phi) is 5.82. The zero-order valence-electron chi connectivity index (χ0n) is 14.2. The van der Waals surface area contributed by atoms with E-state index >= 15 is 0 Å². The Hall–Kier alpha value is -3.09. The predicted molar refractivity (Wildman–Crippen MR) is 93.9 cm³/mol. The van der Waals surface area contributed by atoms with Gasteiger partial charge in [-0.15, -0.1) is 0 Å². The molecule has 0 aliphatic rings. The van der Waals surface area contributed by atoms with Gasteiger partial charge in [0.25, 0.3) is 0 Å². The highest BCUT2D eigenvalue weighted by molar-refractivity contribution is 5.84. The molecule has 0 aliphatic heterocycles. The average molecular weight is 362 g/mol. The van der Waals surface area contributed by atoms with Crippen LogP contribution < -0.4 is 4.90 Å². The van der Waals surface area contributed by atoms with E-state index in [0.717, 1.165) is 24.0 Å². The number of aliphatic carboxylic acids is 1. The van der Waals surface area contributed by atoms with E-state index in [4.69, 9.17) is 5.11 Å². The van der Waals surface area contributed by atoms with Gasteiger partial charge in [-0.1, -0.05) is 24.3 Å². The molecule has 1 heterocycles. The zero-order chi connectivity index (χ0) is 19.3. The van der Waals surface area contributed by atoms with Crippen LogP contribution in [0.1, 0.15) is 16.7 Å². The molecule has 0 saturated heterocycles. The largest absolute Gasteiger partial charge is 0.478 e. The van der Waals surface area contributed by atoms with Gasteiger partial charge in [-0.2, -0.15) is 13.2 Å². The first-order chi connectivity index (χ1) is 12.2. The van der Waals surface area contributed by atoms with Crippen LogP contribution in [-0.2, 0) is 11.0 Å². The molecule has 4 nitrogen and oxygen atoms in total. The number of allylic oxidation sites excluding steroid dienone is 2. The van der Waals surface area contributed by atoms with Crippen molar-refractivity contribution in [3.63, 3.8) is 0 Å². The second-order valence-electron chi connectivity index (χ2n) is 5.65. The third kappa shape index (κ3) is 4.95. The maximum atomic E-state index is 12.7. The molecule has 0 unspecified atom stereocenters. The highest BCUT2D eigenvalue weighted by atomic mass is 19.4. The van der Waals surface area contributed by atoms with E-state index in [1.807, 2.05) is 19.0 Å². The molecular formula is C19H17F3N2O2. The number of hydrogen-bond acceptors (Lipinski definition) is 3. The van der Waals surface area contributed by atoms with Crippen LogP contribution in [0.3, 0.4) is 0 Å². The smallest absolute Gasteiger partial charge is 0.416 e. The van der Waals surface area contributed by atoms with Crippen LogP contribution in [0.5, 0.6) is 0 Å². The summed E-state index contributed by atoms with van der Waals surface area (Å²) in [6, 6.07) is 8.23. The number of hydrogen-bond donors (Lipinski definition) is 1. The number of carboxylic acid groups (broad SMARTS) is 1. The molecule has 2 aromatic rings. The van der Waals surface area contributed by atoms with Gasteiger partial charge in [-0.3, -0.25) is 0 Å². The lowest BCUT2D eigenvalue weighted by Crippen LogP contribution is -2.10. The normalized spacial score (nSPS) is 12.4. The molecule has 0 radical (unpaired) electrons. The number of carboxylic acids is 1. The van der Waals surface area contributed by atoms with Crippen molar-refractivity contribution in [2.45, 2.75) is 6.18 Å². The number of halogens is 3. The maximum absolute atomic E-state index is 12.7. The van der Waals surface area contributed by atoms with E-state index in [1.165, 1.54) is 24.3 Å². The number of alkyl halides is 3. The number of carbonyl (C=O) groups is 1. The summed E-state index contributed by atoms with van der Waals surface area (Å²) in [5.74, 6) is -0.393. The number of nitrogens with zero attached hydrogens (tertiary/aromatic N) is 2. The van der Waals surface area contributed by atoms with Gasteiger partial charge in [0, 0.05) is 31.9 Å². The molecule has 0 spiro atoms. The summed E-state index contributed by atoms with van der Waals surface area (Å²) < 4.78 is 38.2. The molecule has 0 aliphatic carbocycles. The lowest BCUT2D eigenvalue weighted by Gasteiger charge is -2.13. The fourth-order valence-electron chi connectivity index (χ4n) is 2.23.